The number of halogens is 4. The number of hydrogen-bond donors (Lipinski definition) is 1. The largest absolute Gasteiger partial charge is 0.573 e. The molecule has 1 aromatic heterocycles. The fourth-order valence-electron chi connectivity index (χ4n) is 1.27. The highest BCUT2D eigenvalue weighted by Crippen LogP contribution is 2.36. The van der Waals surface area contributed by atoms with Gasteiger partial charge < -0.3 is 14.6 Å². The van der Waals surface area contributed by atoms with Gasteiger partial charge in [-0.05, 0) is 12.1 Å². The summed E-state index contributed by atoms with van der Waals surface area (Å²) in [6.45, 7) is 0. The molecule has 0 aliphatic rings. The van der Waals surface area contributed by atoms with E-state index in [1.165, 1.54) is 18.2 Å². The maximum atomic E-state index is 12.2. The Morgan fingerprint density at radius 1 is 1.10 bits per heavy atom. The van der Waals surface area contributed by atoms with Crippen LogP contribution in [0.3, 0.4) is 0 Å². The number of ether oxygens (including phenoxy) is 2. The Kier molecular flexibility index (Phi) is 3.84. The number of para-hydroxylation sites is 2. The van der Waals surface area contributed by atoms with Gasteiger partial charge in [-0.25, -0.2) is 0 Å². The summed E-state index contributed by atoms with van der Waals surface area (Å²) in [6.07, 6.45) is -4.87. The molecule has 1 aromatic carbocycles. The van der Waals surface area contributed by atoms with Gasteiger partial charge in [0.25, 0.3) is 5.88 Å². The second kappa shape index (κ2) is 5.41. The maximum Gasteiger partial charge on any atom is 0.573 e. The van der Waals surface area contributed by atoms with Gasteiger partial charge in [0.05, 0.1) is 0 Å². The molecule has 0 aliphatic heterocycles. The van der Waals surface area contributed by atoms with Crippen LogP contribution in [0.2, 0.25) is 5.15 Å². The Balaban J connectivity index is 2.29. The highest BCUT2D eigenvalue weighted by Gasteiger charge is 2.32. The number of benzene rings is 1. The van der Waals surface area contributed by atoms with Crippen molar-refractivity contribution >= 4 is 11.6 Å². The fraction of sp³-hybridized carbons (Fsp3) is 0.0909. The first-order valence-corrected chi connectivity index (χ1v) is 5.48. The van der Waals surface area contributed by atoms with Crippen LogP contribution in [-0.2, 0) is 0 Å². The van der Waals surface area contributed by atoms with Crippen LogP contribution in [0, 0.1) is 0 Å². The van der Waals surface area contributed by atoms with E-state index in [2.05, 4.69) is 14.9 Å². The van der Waals surface area contributed by atoms with Gasteiger partial charge in [0.1, 0.15) is 0 Å². The molecule has 5 nitrogen and oxygen atoms in total. The lowest BCUT2D eigenvalue weighted by Gasteiger charge is -2.13. The summed E-state index contributed by atoms with van der Waals surface area (Å²) in [7, 11) is 0. The molecule has 2 aromatic rings. The summed E-state index contributed by atoms with van der Waals surface area (Å²) in [5.74, 6) is -1.72. The SMILES string of the molecule is Oc1cc(Cl)nnc1Oc1ccccc1OC(F)(F)F. The molecule has 106 valence electrons. The molecule has 0 amide bonds. The Morgan fingerprint density at radius 2 is 1.75 bits per heavy atom. The summed E-state index contributed by atoms with van der Waals surface area (Å²) in [5, 5.41) is 16.2. The van der Waals surface area contributed by atoms with Crippen molar-refractivity contribution in [2.45, 2.75) is 6.36 Å². The highest BCUT2D eigenvalue weighted by molar-refractivity contribution is 6.29. The summed E-state index contributed by atoms with van der Waals surface area (Å²) < 4.78 is 45.5. The van der Waals surface area contributed by atoms with Crippen molar-refractivity contribution in [3.05, 3.63) is 35.5 Å². The molecule has 0 bridgehead atoms. The lowest BCUT2D eigenvalue weighted by Crippen LogP contribution is -2.17. The number of hydrogen-bond acceptors (Lipinski definition) is 5. The third-order valence-electron chi connectivity index (χ3n) is 1.99. The van der Waals surface area contributed by atoms with Crippen molar-refractivity contribution in [1.29, 1.82) is 0 Å². The second-order valence-electron chi connectivity index (χ2n) is 3.45. The fourth-order valence-corrected chi connectivity index (χ4v) is 1.41. The van der Waals surface area contributed by atoms with E-state index in [1.54, 1.807) is 0 Å². The zero-order chi connectivity index (χ0) is 14.8. The van der Waals surface area contributed by atoms with E-state index in [4.69, 9.17) is 16.3 Å². The molecule has 0 fully saturated rings. The Hall–Kier alpha value is -2.22. The standard InChI is InChI=1S/C11H6ClF3N2O3/c12-9-5-6(18)10(17-16-9)19-7-3-1-2-4-8(7)20-11(13,14)15/h1-5H,(H,16,18). The highest BCUT2D eigenvalue weighted by atomic mass is 35.5. The molecule has 2 rings (SSSR count). The van der Waals surface area contributed by atoms with E-state index in [-0.39, 0.29) is 10.9 Å². The third kappa shape index (κ3) is 3.64. The van der Waals surface area contributed by atoms with Gasteiger partial charge >= 0.3 is 6.36 Å². The van der Waals surface area contributed by atoms with Crippen LogP contribution in [0.1, 0.15) is 0 Å². The number of alkyl halides is 3. The molecular formula is C11H6ClF3N2O3. The molecule has 0 radical (unpaired) electrons. The molecule has 0 saturated heterocycles. The molecule has 0 unspecified atom stereocenters. The smallest absolute Gasteiger partial charge is 0.503 e. The van der Waals surface area contributed by atoms with Gasteiger partial charge in [-0.2, -0.15) is 0 Å². The quantitative estimate of drug-likeness (QED) is 0.940. The topological polar surface area (TPSA) is 64.5 Å². The van der Waals surface area contributed by atoms with E-state index < -0.39 is 23.7 Å². The minimum Gasteiger partial charge on any atom is -0.503 e. The first kappa shape index (κ1) is 14.2. The van der Waals surface area contributed by atoms with Gasteiger partial charge in [-0.1, -0.05) is 23.7 Å². The minimum atomic E-state index is -4.87. The molecule has 0 spiro atoms. The average molecular weight is 307 g/mol. The zero-order valence-electron chi connectivity index (χ0n) is 9.56. The molecule has 0 saturated carbocycles. The first-order chi connectivity index (χ1) is 9.35. The molecule has 9 heteroatoms. The zero-order valence-corrected chi connectivity index (χ0v) is 10.3. The normalized spacial score (nSPS) is 11.2. The predicted octanol–water partition coefficient (Wildman–Crippen LogP) is 3.53. The maximum absolute atomic E-state index is 12.2. The average Bonchev–Trinajstić information content (AvgIpc) is 2.33. The van der Waals surface area contributed by atoms with E-state index >= 15 is 0 Å². The second-order valence-corrected chi connectivity index (χ2v) is 3.84. The van der Waals surface area contributed by atoms with Crippen molar-refractivity contribution in [2.75, 3.05) is 0 Å². The molecule has 0 atom stereocenters. The first-order valence-electron chi connectivity index (χ1n) is 5.10. The number of nitrogens with zero attached hydrogens (tertiary/aromatic N) is 2. The summed E-state index contributed by atoms with van der Waals surface area (Å²) >= 11 is 5.48. The van der Waals surface area contributed by atoms with Crippen molar-refractivity contribution in [2.24, 2.45) is 0 Å². The van der Waals surface area contributed by atoms with Crippen molar-refractivity contribution < 1.29 is 27.8 Å². The number of aromatic nitrogens is 2. The number of aromatic hydroxyl groups is 1. The van der Waals surface area contributed by atoms with Gasteiger partial charge in [0, 0.05) is 6.07 Å². The van der Waals surface area contributed by atoms with E-state index in [9.17, 15) is 18.3 Å². The molecule has 1 N–H and O–H groups in total. The molecule has 1 heterocycles. The van der Waals surface area contributed by atoms with Gasteiger partial charge in [0.2, 0.25) is 0 Å². The van der Waals surface area contributed by atoms with Crippen LogP contribution >= 0.6 is 11.6 Å². The van der Waals surface area contributed by atoms with Gasteiger partial charge in [-0.15, -0.1) is 23.4 Å². The number of rotatable bonds is 3. The van der Waals surface area contributed by atoms with Crippen molar-refractivity contribution in [3.8, 4) is 23.1 Å². The molecule has 20 heavy (non-hydrogen) atoms. The monoisotopic (exact) mass is 306 g/mol. The summed E-state index contributed by atoms with van der Waals surface area (Å²) in [4.78, 5) is 0. The van der Waals surface area contributed by atoms with E-state index in [1.807, 2.05) is 0 Å². The lowest BCUT2D eigenvalue weighted by atomic mass is 10.3. The van der Waals surface area contributed by atoms with Crippen LogP contribution < -0.4 is 9.47 Å². The lowest BCUT2D eigenvalue weighted by molar-refractivity contribution is -0.275. The van der Waals surface area contributed by atoms with Crippen LogP contribution in [-0.4, -0.2) is 21.7 Å². The predicted molar refractivity (Wildman–Crippen MR) is 61.9 cm³/mol. The summed E-state index contributed by atoms with van der Waals surface area (Å²) in [5.41, 5.74) is 0. The molecular weight excluding hydrogens is 301 g/mol. The van der Waals surface area contributed by atoms with E-state index in [0.29, 0.717) is 0 Å². The summed E-state index contributed by atoms with van der Waals surface area (Å²) in [6, 6.07) is 6.08. The van der Waals surface area contributed by atoms with E-state index in [0.717, 1.165) is 12.1 Å². The Bertz CT molecular complexity index is 622. The van der Waals surface area contributed by atoms with Crippen LogP contribution in [0.25, 0.3) is 0 Å². The van der Waals surface area contributed by atoms with Crippen LogP contribution in [0.5, 0.6) is 23.1 Å². The third-order valence-corrected chi connectivity index (χ3v) is 2.18. The minimum absolute atomic E-state index is 0.0883. The molecule has 0 aliphatic carbocycles. The Morgan fingerprint density at radius 3 is 2.35 bits per heavy atom. The van der Waals surface area contributed by atoms with Crippen LogP contribution in [0.15, 0.2) is 30.3 Å². The Labute approximate surface area is 115 Å². The van der Waals surface area contributed by atoms with Gasteiger partial charge in [0.15, 0.2) is 22.4 Å². The van der Waals surface area contributed by atoms with Crippen molar-refractivity contribution in [3.63, 3.8) is 0 Å². The van der Waals surface area contributed by atoms with Crippen molar-refractivity contribution in [1.82, 2.24) is 10.2 Å². The van der Waals surface area contributed by atoms with Crippen LogP contribution in [0.4, 0.5) is 13.2 Å². The van der Waals surface area contributed by atoms with Gasteiger partial charge in [-0.3, -0.25) is 0 Å².